The first-order chi connectivity index (χ1) is 8.74. The lowest BCUT2D eigenvalue weighted by Gasteiger charge is -2.21. The Balaban J connectivity index is 1.72. The molecule has 0 saturated carbocycles. The molecule has 1 saturated heterocycles. The molecule has 1 fully saturated rings. The molecule has 1 aromatic heterocycles. The van der Waals surface area contributed by atoms with Gasteiger partial charge >= 0.3 is 0 Å². The summed E-state index contributed by atoms with van der Waals surface area (Å²) in [6, 6.07) is 0. The monoisotopic (exact) mass is 251 g/mol. The maximum atomic E-state index is 5.31. The number of nitrogens with zero attached hydrogens (tertiary/aromatic N) is 2. The minimum Gasteiger partial charge on any atom is -0.339 e. The smallest absolute Gasteiger partial charge is 0.226 e. The molecule has 1 N–H and O–H groups in total. The summed E-state index contributed by atoms with van der Waals surface area (Å²) in [5.41, 5.74) is 0. The first-order valence-electron chi connectivity index (χ1n) is 7.26. The number of rotatable bonds is 6. The normalized spacial score (nSPS) is 20.5. The molecule has 0 amide bonds. The molecule has 1 aliphatic heterocycles. The van der Waals surface area contributed by atoms with Gasteiger partial charge < -0.3 is 9.84 Å². The third-order valence-corrected chi connectivity index (χ3v) is 3.62. The molecule has 4 nitrogen and oxygen atoms in total. The van der Waals surface area contributed by atoms with Crippen molar-refractivity contribution in [2.75, 3.05) is 13.1 Å². The highest BCUT2D eigenvalue weighted by Gasteiger charge is 2.14. The molecule has 1 atom stereocenters. The van der Waals surface area contributed by atoms with E-state index in [0.717, 1.165) is 43.4 Å². The van der Waals surface area contributed by atoms with Crippen LogP contribution in [0.25, 0.3) is 0 Å². The van der Waals surface area contributed by atoms with Crippen LogP contribution in [0.3, 0.4) is 0 Å². The van der Waals surface area contributed by atoms with Crippen molar-refractivity contribution in [1.29, 1.82) is 0 Å². The van der Waals surface area contributed by atoms with Crippen LogP contribution in [0, 0.1) is 11.8 Å². The second-order valence-electron chi connectivity index (χ2n) is 5.79. The van der Waals surface area contributed by atoms with Gasteiger partial charge in [0.25, 0.3) is 0 Å². The zero-order valence-corrected chi connectivity index (χ0v) is 11.6. The standard InChI is InChI=1S/C14H25N3O/c1-11(2)5-7-13-16-14(18-17-13)8-6-12-4-3-9-15-10-12/h11-12,15H,3-10H2,1-2H3. The van der Waals surface area contributed by atoms with E-state index in [2.05, 4.69) is 29.3 Å². The fraction of sp³-hybridized carbons (Fsp3) is 0.857. The molecule has 0 aliphatic carbocycles. The van der Waals surface area contributed by atoms with Crippen molar-refractivity contribution in [3.8, 4) is 0 Å². The van der Waals surface area contributed by atoms with E-state index < -0.39 is 0 Å². The summed E-state index contributed by atoms with van der Waals surface area (Å²) in [4.78, 5) is 4.47. The predicted octanol–water partition coefficient (Wildman–Crippen LogP) is 2.59. The van der Waals surface area contributed by atoms with E-state index in [1.54, 1.807) is 0 Å². The van der Waals surface area contributed by atoms with E-state index in [-0.39, 0.29) is 0 Å². The SMILES string of the molecule is CC(C)CCc1noc(CCC2CCCNC2)n1. The van der Waals surface area contributed by atoms with Crippen LogP contribution in [-0.4, -0.2) is 23.2 Å². The third kappa shape index (κ3) is 4.41. The summed E-state index contributed by atoms with van der Waals surface area (Å²) in [7, 11) is 0. The highest BCUT2D eigenvalue weighted by Crippen LogP contribution is 2.16. The van der Waals surface area contributed by atoms with Crippen molar-refractivity contribution < 1.29 is 4.52 Å². The van der Waals surface area contributed by atoms with Gasteiger partial charge in [0.05, 0.1) is 0 Å². The van der Waals surface area contributed by atoms with Gasteiger partial charge in [-0.1, -0.05) is 19.0 Å². The lowest BCUT2D eigenvalue weighted by Crippen LogP contribution is -2.29. The Morgan fingerprint density at radius 2 is 2.28 bits per heavy atom. The van der Waals surface area contributed by atoms with E-state index >= 15 is 0 Å². The molecule has 0 radical (unpaired) electrons. The zero-order valence-electron chi connectivity index (χ0n) is 11.6. The van der Waals surface area contributed by atoms with Crippen LogP contribution in [0.1, 0.15) is 51.2 Å². The van der Waals surface area contributed by atoms with E-state index in [1.165, 1.54) is 25.8 Å². The fourth-order valence-corrected chi connectivity index (χ4v) is 2.41. The van der Waals surface area contributed by atoms with Crippen molar-refractivity contribution in [1.82, 2.24) is 15.5 Å². The molecule has 2 heterocycles. The number of piperidine rings is 1. The van der Waals surface area contributed by atoms with E-state index in [4.69, 9.17) is 4.52 Å². The van der Waals surface area contributed by atoms with Gasteiger partial charge in [0.2, 0.25) is 5.89 Å². The van der Waals surface area contributed by atoms with Crippen molar-refractivity contribution in [2.24, 2.45) is 11.8 Å². The van der Waals surface area contributed by atoms with Gasteiger partial charge in [-0.15, -0.1) is 0 Å². The van der Waals surface area contributed by atoms with Crippen LogP contribution in [-0.2, 0) is 12.8 Å². The summed E-state index contributed by atoms with van der Waals surface area (Å²) >= 11 is 0. The van der Waals surface area contributed by atoms with Gasteiger partial charge in [-0.05, 0) is 50.6 Å². The largest absolute Gasteiger partial charge is 0.339 e. The van der Waals surface area contributed by atoms with Gasteiger partial charge in [0, 0.05) is 12.8 Å². The Morgan fingerprint density at radius 3 is 3.00 bits per heavy atom. The second-order valence-corrected chi connectivity index (χ2v) is 5.79. The molecule has 0 aromatic carbocycles. The number of aryl methyl sites for hydroxylation is 2. The molecule has 1 unspecified atom stereocenters. The Hall–Kier alpha value is -0.900. The molecule has 4 heteroatoms. The van der Waals surface area contributed by atoms with Crippen molar-refractivity contribution in [3.63, 3.8) is 0 Å². The molecular formula is C14H25N3O. The Morgan fingerprint density at radius 1 is 1.39 bits per heavy atom. The topological polar surface area (TPSA) is 51.0 Å². The molecular weight excluding hydrogens is 226 g/mol. The maximum absolute atomic E-state index is 5.31. The minimum atomic E-state index is 0.695. The molecule has 18 heavy (non-hydrogen) atoms. The summed E-state index contributed by atoms with van der Waals surface area (Å²) in [5.74, 6) is 3.17. The summed E-state index contributed by atoms with van der Waals surface area (Å²) in [6.07, 6.45) is 6.80. The van der Waals surface area contributed by atoms with Crippen LogP contribution in [0.2, 0.25) is 0 Å². The lowest BCUT2D eigenvalue weighted by molar-refractivity contribution is 0.325. The van der Waals surface area contributed by atoms with Gasteiger partial charge in [-0.3, -0.25) is 0 Å². The Labute approximate surface area is 110 Å². The molecule has 1 aliphatic rings. The van der Waals surface area contributed by atoms with Crippen LogP contribution >= 0.6 is 0 Å². The fourth-order valence-electron chi connectivity index (χ4n) is 2.41. The first-order valence-corrected chi connectivity index (χ1v) is 7.26. The maximum Gasteiger partial charge on any atom is 0.226 e. The van der Waals surface area contributed by atoms with Crippen LogP contribution in [0.15, 0.2) is 4.52 Å². The lowest BCUT2D eigenvalue weighted by atomic mass is 9.95. The van der Waals surface area contributed by atoms with Crippen LogP contribution < -0.4 is 5.32 Å². The summed E-state index contributed by atoms with van der Waals surface area (Å²) in [5, 5.41) is 7.49. The second kappa shape index (κ2) is 6.88. The average Bonchev–Trinajstić information content (AvgIpc) is 2.83. The van der Waals surface area contributed by atoms with Gasteiger partial charge in [0.1, 0.15) is 0 Å². The summed E-state index contributed by atoms with van der Waals surface area (Å²) < 4.78 is 5.31. The Kier molecular flexibility index (Phi) is 5.17. The number of aromatic nitrogens is 2. The van der Waals surface area contributed by atoms with Crippen molar-refractivity contribution in [3.05, 3.63) is 11.7 Å². The van der Waals surface area contributed by atoms with Gasteiger partial charge in [-0.25, -0.2) is 0 Å². The predicted molar refractivity (Wildman–Crippen MR) is 71.4 cm³/mol. The van der Waals surface area contributed by atoms with E-state index in [0.29, 0.717) is 5.92 Å². The third-order valence-electron chi connectivity index (χ3n) is 3.62. The summed E-state index contributed by atoms with van der Waals surface area (Å²) in [6.45, 7) is 6.76. The van der Waals surface area contributed by atoms with Crippen LogP contribution in [0.4, 0.5) is 0 Å². The average molecular weight is 251 g/mol. The van der Waals surface area contributed by atoms with E-state index in [1.807, 2.05) is 0 Å². The van der Waals surface area contributed by atoms with E-state index in [9.17, 15) is 0 Å². The highest BCUT2D eigenvalue weighted by atomic mass is 16.5. The number of hydrogen-bond acceptors (Lipinski definition) is 4. The van der Waals surface area contributed by atoms with Gasteiger partial charge in [0.15, 0.2) is 5.82 Å². The number of hydrogen-bond donors (Lipinski definition) is 1. The van der Waals surface area contributed by atoms with Crippen LogP contribution in [0.5, 0.6) is 0 Å². The number of nitrogens with one attached hydrogen (secondary N) is 1. The van der Waals surface area contributed by atoms with Gasteiger partial charge in [-0.2, -0.15) is 4.98 Å². The Bertz CT molecular complexity index is 343. The van der Waals surface area contributed by atoms with Crippen molar-refractivity contribution in [2.45, 2.75) is 52.4 Å². The molecule has 102 valence electrons. The molecule has 1 aromatic rings. The molecule has 0 bridgehead atoms. The first kappa shape index (κ1) is 13.5. The molecule has 0 spiro atoms. The minimum absolute atomic E-state index is 0.695. The molecule has 2 rings (SSSR count). The highest BCUT2D eigenvalue weighted by molar-refractivity contribution is 4.87. The zero-order chi connectivity index (χ0) is 12.8. The quantitative estimate of drug-likeness (QED) is 0.844. The van der Waals surface area contributed by atoms with Crippen molar-refractivity contribution >= 4 is 0 Å².